The number of nitrogens with one attached hydrogen (secondary N) is 1. The van der Waals surface area contributed by atoms with E-state index in [0.717, 1.165) is 11.0 Å². The van der Waals surface area contributed by atoms with E-state index in [2.05, 4.69) is 38.4 Å². The van der Waals surface area contributed by atoms with E-state index in [9.17, 15) is 37.7 Å². The molecule has 0 aromatic heterocycles. The second kappa shape index (κ2) is 10.00. The molecule has 0 aliphatic carbocycles. The lowest BCUT2D eigenvalue weighted by Crippen LogP contribution is -2.54. The molecule has 0 unspecified atom stereocenters. The molecule has 0 spiro atoms. The highest BCUT2D eigenvalue weighted by Gasteiger charge is 2.35. The predicted octanol–water partition coefficient (Wildman–Crippen LogP) is 5.58. The molecule has 0 saturated carbocycles. The summed E-state index contributed by atoms with van der Waals surface area (Å²) >= 11 is 6.41. The topological polar surface area (TPSA) is 119 Å². The lowest BCUT2D eigenvalue weighted by molar-refractivity contribution is -0.385. The third-order valence-electron chi connectivity index (χ3n) is 4.52. The molecular weight excluding hydrogens is 607 g/mol. The summed E-state index contributed by atoms with van der Waals surface area (Å²) in [5, 5.41) is 13.4. The van der Waals surface area contributed by atoms with Crippen LogP contribution in [0, 0.1) is 10.1 Å². The zero-order valence-corrected chi connectivity index (χ0v) is 20.4. The first-order valence-electron chi connectivity index (χ1n) is 9.35. The number of halogens is 5. The quantitative estimate of drug-likeness (QED) is 0.148. The van der Waals surface area contributed by atoms with Crippen LogP contribution in [0.4, 0.5) is 23.7 Å². The van der Waals surface area contributed by atoms with Crippen LogP contribution in [0.25, 0.3) is 6.08 Å². The molecule has 0 atom stereocenters. The molecule has 35 heavy (non-hydrogen) atoms. The highest BCUT2D eigenvalue weighted by atomic mass is 79.9. The van der Waals surface area contributed by atoms with Crippen molar-refractivity contribution in [3.8, 4) is 11.5 Å². The van der Waals surface area contributed by atoms with Gasteiger partial charge in [-0.05, 0) is 67.8 Å². The van der Waals surface area contributed by atoms with E-state index in [1.54, 1.807) is 0 Å². The van der Waals surface area contributed by atoms with Gasteiger partial charge in [0.25, 0.3) is 11.8 Å². The minimum Gasteiger partial charge on any atom is -0.448 e. The fourth-order valence-corrected chi connectivity index (χ4v) is 4.33. The Labute approximate surface area is 211 Å². The average molecular weight is 619 g/mol. The summed E-state index contributed by atoms with van der Waals surface area (Å²) in [5.41, 5.74) is -2.15. The number of barbiturate groups is 1. The van der Waals surface area contributed by atoms with Crippen molar-refractivity contribution in [2.75, 3.05) is 6.54 Å². The Morgan fingerprint density at radius 3 is 2.31 bits per heavy atom. The van der Waals surface area contributed by atoms with E-state index in [0.29, 0.717) is 17.7 Å². The number of amides is 4. The first-order valence-corrected chi connectivity index (χ1v) is 10.9. The van der Waals surface area contributed by atoms with Crippen LogP contribution in [-0.4, -0.2) is 34.2 Å². The molecule has 1 saturated heterocycles. The van der Waals surface area contributed by atoms with Gasteiger partial charge in [-0.2, -0.15) is 13.2 Å². The van der Waals surface area contributed by atoms with Gasteiger partial charge in [0.2, 0.25) is 5.75 Å². The van der Waals surface area contributed by atoms with Crippen molar-refractivity contribution < 1.29 is 37.2 Å². The van der Waals surface area contributed by atoms with Crippen LogP contribution in [0.2, 0.25) is 0 Å². The van der Waals surface area contributed by atoms with E-state index in [1.165, 1.54) is 24.3 Å². The smallest absolute Gasteiger partial charge is 0.416 e. The van der Waals surface area contributed by atoms with Crippen LogP contribution in [-0.2, 0) is 15.8 Å². The van der Waals surface area contributed by atoms with E-state index in [-0.39, 0.29) is 26.8 Å². The first-order chi connectivity index (χ1) is 16.3. The molecule has 1 fully saturated rings. The molecule has 1 aliphatic rings. The Morgan fingerprint density at radius 2 is 1.77 bits per heavy atom. The number of nitro benzene ring substituents is 1. The van der Waals surface area contributed by atoms with Crippen molar-refractivity contribution in [2.24, 2.45) is 0 Å². The van der Waals surface area contributed by atoms with Crippen LogP contribution in [0.5, 0.6) is 11.5 Å². The molecule has 2 aromatic rings. The molecule has 4 amide bonds. The summed E-state index contributed by atoms with van der Waals surface area (Å²) < 4.78 is 44.7. The minimum absolute atomic E-state index is 0.0158. The molecule has 1 N–H and O–H groups in total. The molecule has 182 valence electrons. The normalized spacial score (nSPS) is 15.3. The molecule has 0 radical (unpaired) electrons. The van der Waals surface area contributed by atoms with E-state index >= 15 is 0 Å². The van der Waals surface area contributed by atoms with Gasteiger partial charge in [0, 0.05) is 12.6 Å². The van der Waals surface area contributed by atoms with Crippen LogP contribution in [0.3, 0.4) is 0 Å². The van der Waals surface area contributed by atoms with E-state index < -0.39 is 45.9 Å². The number of rotatable bonds is 6. The number of imide groups is 2. The summed E-state index contributed by atoms with van der Waals surface area (Å²) in [6, 6.07) is 3.74. The van der Waals surface area contributed by atoms with E-state index in [1.807, 2.05) is 5.32 Å². The Balaban J connectivity index is 1.98. The van der Waals surface area contributed by atoms with Crippen molar-refractivity contribution >= 4 is 61.5 Å². The number of ether oxygens (including phenoxy) is 1. The number of benzene rings is 2. The van der Waals surface area contributed by atoms with Crippen molar-refractivity contribution in [3.63, 3.8) is 0 Å². The van der Waals surface area contributed by atoms with Gasteiger partial charge in [0.05, 0.1) is 19.4 Å². The Bertz CT molecular complexity index is 1290. The number of hydrogen-bond donors (Lipinski definition) is 1. The van der Waals surface area contributed by atoms with Crippen molar-refractivity contribution in [1.82, 2.24) is 10.2 Å². The summed E-state index contributed by atoms with van der Waals surface area (Å²) in [5.74, 6) is -2.21. The maximum atomic E-state index is 12.9. The van der Waals surface area contributed by atoms with Gasteiger partial charge >= 0.3 is 17.9 Å². The van der Waals surface area contributed by atoms with Crippen molar-refractivity contribution in [2.45, 2.75) is 6.18 Å². The third kappa shape index (κ3) is 5.59. The van der Waals surface area contributed by atoms with Gasteiger partial charge in [-0.1, -0.05) is 6.08 Å². The van der Waals surface area contributed by atoms with Gasteiger partial charge in [-0.25, -0.2) is 4.79 Å². The monoisotopic (exact) mass is 617 g/mol. The zero-order valence-electron chi connectivity index (χ0n) is 17.2. The molecular formula is C21H12Br2F3N3O6. The number of carbonyl (C=O) groups excluding carboxylic acids is 3. The molecule has 9 nitrogen and oxygen atoms in total. The third-order valence-corrected chi connectivity index (χ3v) is 5.70. The highest BCUT2D eigenvalue weighted by Crippen LogP contribution is 2.42. The fraction of sp³-hybridized carbons (Fsp3) is 0.0952. The van der Waals surface area contributed by atoms with Crippen molar-refractivity contribution in [1.29, 1.82) is 0 Å². The van der Waals surface area contributed by atoms with Crippen LogP contribution >= 0.6 is 31.9 Å². The SMILES string of the molecule is C=CCN1C(=O)NC(=O)/C(=C/c2cc(Br)c(Oc3ccc(C(F)(F)F)cc3[N+](=O)[O-])c(Br)c2)C1=O. The average Bonchev–Trinajstić information content (AvgIpc) is 2.76. The number of urea groups is 1. The number of alkyl halides is 3. The maximum Gasteiger partial charge on any atom is 0.416 e. The minimum atomic E-state index is -4.78. The number of carbonyl (C=O) groups is 3. The Morgan fingerprint density at radius 1 is 1.14 bits per heavy atom. The number of hydrogen-bond acceptors (Lipinski definition) is 6. The summed E-state index contributed by atoms with van der Waals surface area (Å²) in [4.78, 5) is 47.7. The maximum absolute atomic E-state index is 12.9. The van der Waals surface area contributed by atoms with Gasteiger partial charge in [0.1, 0.15) is 5.57 Å². The zero-order chi connectivity index (χ0) is 26.1. The summed E-state index contributed by atoms with van der Waals surface area (Å²) in [6.45, 7) is 3.33. The number of nitrogens with zero attached hydrogens (tertiary/aromatic N) is 2. The molecule has 1 heterocycles. The summed E-state index contributed by atoms with van der Waals surface area (Å²) in [7, 11) is 0. The fourth-order valence-electron chi connectivity index (χ4n) is 2.95. The van der Waals surface area contributed by atoms with Gasteiger partial charge in [-0.3, -0.25) is 29.9 Å². The number of nitro groups is 1. The Kier molecular flexibility index (Phi) is 7.45. The molecule has 1 aliphatic heterocycles. The molecule has 14 heteroatoms. The largest absolute Gasteiger partial charge is 0.448 e. The lowest BCUT2D eigenvalue weighted by Gasteiger charge is -2.25. The second-order valence-corrected chi connectivity index (χ2v) is 8.58. The summed E-state index contributed by atoms with van der Waals surface area (Å²) in [6.07, 6.45) is -2.26. The van der Waals surface area contributed by atoms with Crippen LogP contribution < -0.4 is 10.1 Å². The standard InChI is InChI=1S/C21H12Br2F3N3O6/c1-2-5-28-19(31)12(18(30)27-20(28)32)6-10-7-13(22)17(14(23)8-10)35-16-4-3-11(21(24,25)26)9-15(16)29(33)34/h2-4,6-9H,1,5H2,(H,27,30,32)/b12-6-. The molecule has 0 bridgehead atoms. The first kappa shape index (κ1) is 26.1. The lowest BCUT2D eigenvalue weighted by atomic mass is 10.1. The van der Waals surface area contributed by atoms with Crippen LogP contribution in [0.1, 0.15) is 11.1 Å². The van der Waals surface area contributed by atoms with E-state index in [4.69, 9.17) is 4.74 Å². The molecule has 3 rings (SSSR count). The Hall–Kier alpha value is -3.52. The molecule has 2 aromatic carbocycles. The predicted molar refractivity (Wildman–Crippen MR) is 123 cm³/mol. The van der Waals surface area contributed by atoms with Crippen molar-refractivity contribution in [3.05, 3.63) is 78.7 Å². The van der Waals surface area contributed by atoms with Crippen LogP contribution in [0.15, 0.2) is 57.5 Å². The van der Waals surface area contributed by atoms with Gasteiger partial charge in [0.15, 0.2) is 5.75 Å². The van der Waals surface area contributed by atoms with Gasteiger partial charge in [-0.15, -0.1) is 6.58 Å². The van der Waals surface area contributed by atoms with Gasteiger partial charge < -0.3 is 4.74 Å². The highest BCUT2D eigenvalue weighted by molar-refractivity contribution is 9.11. The second-order valence-electron chi connectivity index (χ2n) is 6.87.